The molecular weight excluding hydrogens is 250 g/mol. The number of hydrogen-bond donors (Lipinski definition) is 3. The first kappa shape index (κ1) is 12.1. The Morgan fingerprint density at radius 1 is 1.00 bits per heavy atom. The van der Waals surface area contributed by atoms with Crippen LogP contribution in [0.4, 0.5) is 5.69 Å². The summed E-state index contributed by atoms with van der Waals surface area (Å²) < 4.78 is 0. The minimum Gasteiger partial charge on any atom is -0.398 e. The molecule has 0 radical (unpaired) electrons. The van der Waals surface area contributed by atoms with E-state index in [1.54, 1.807) is 41.8 Å². The molecule has 4 N–H and O–H groups in total. The summed E-state index contributed by atoms with van der Waals surface area (Å²) in [5.41, 5.74) is 11.0. The highest BCUT2D eigenvalue weighted by Gasteiger charge is 2.11. The van der Waals surface area contributed by atoms with E-state index >= 15 is 0 Å². The lowest BCUT2D eigenvalue weighted by Crippen LogP contribution is -2.41. The van der Waals surface area contributed by atoms with Crippen LogP contribution in [0.15, 0.2) is 41.8 Å². The Morgan fingerprint density at radius 3 is 2.39 bits per heavy atom. The van der Waals surface area contributed by atoms with Crippen LogP contribution in [0, 0.1) is 0 Å². The molecular formula is C12H11N3O2S. The SMILES string of the molecule is Nc1ccccc1C(=O)NNC(=O)c1cccs1. The molecule has 92 valence electrons. The Kier molecular flexibility index (Phi) is 3.59. The lowest BCUT2D eigenvalue weighted by Gasteiger charge is -2.07. The quantitative estimate of drug-likeness (QED) is 0.564. The summed E-state index contributed by atoms with van der Waals surface area (Å²) in [6.45, 7) is 0. The van der Waals surface area contributed by atoms with E-state index in [2.05, 4.69) is 10.9 Å². The maximum Gasteiger partial charge on any atom is 0.279 e. The van der Waals surface area contributed by atoms with Crippen molar-refractivity contribution in [2.75, 3.05) is 5.73 Å². The number of benzene rings is 1. The molecule has 0 aliphatic rings. The molecule has 2 rings (SSSR count). The van der Waals surface area contributed by atoms with Crippen LogP contribution < -0.4 is 16.6 Å². The molecule has 0 aliphatic heterocycles. The number of rotatable bonds is 2. The van der Waals surface area contributed by atoms with E-state index in [-0.39, 0.29) is 5.91 Å². The molecule has 2 amide bonds. The van der Waals surface area contributed by atoms with Gasteiger partial charge in [0.05, 0.1) is 10.4 Å². The molecule has 0 unspecified atom stereocenters. The number of hydrazine groups is 1. The first-order chi connectivity index (χ1) is 8.68. The summed E-state index contributed by atoms with van der Waals surface area (Å²) in [4.78, 5) is 23.8. The van der Waals surface area contributed by atoms with Gasteiger partial charge in [-0.05, 0) is 23.6 Å². The third-order valence-corrected chi connectivity index (χ3v) is 3.11. The molecule has 5 nitrogen and oxygen atoms in total. The molecule has 1 aromatic carbocycles. The molecule has 0 saturated heterocycles. The fourth-order valence-electron chi connectivity index (χ4n) is 1.35. The van der Waals surface area contributed by atoms with E-state index < -0.39 is 5.91 Å². The van der Waals surface area contributed by atoms with Crippen LogP contribution in [-0.2, 0) is 0 Å². The minimum absolute atomic E-state index is 0.323. The molecule has 6 heteroatoms. The Bertz CT molecular complexity index is 566. The van der Waals surface area contributed by atoms with Gasteiger partial charge >= 0.3 is 0 Å². The van der Waals surface area contributed by atoms with Gasteiger partial charge in [0, 0.05) is 5.69 Å². The molecule has 0 fully saturated rings. The molecule has 0 spiro atoms. The van der Waals surface area contributed by atoms with E-state index in [0.717, 1.165) is 0 Å². The first-order valence-electron chi connectivity index (χ1n) is 5.17. The number of nitrogens with two attached hydrogens (primary N) is 1. The average molecular weight is 261 g/mol. The number of thiophene rings is 1. The van der Waals surface area contributed by atoms with Gasteiger partial charge in [-0.2, -0.15) is 0 Å². The number of nitrogens with one attached hydrogen (secondary N) is 2. The third kappa shape index (κ3) is 2.67. The maximum absolute atomic E-state index is 11.7. The van der Waals surface area contributed by atoms with Crippen molar-refractivity contribution in [3.8, 4) is 0 Å². The van der Waals surface area contributed by atoms with Crippen LogP contribution in [0.2, 0.25) is 0 Å². The first-order valence-corrected chi connectivity index (χ1v) is 6.05. The van der Waals surface area contributed by atoms with Crippen molar-refractivity contribution in [3.05, 3.63) is 52.2 Å². The van der Waals surface area contributed by atoms with Gasteiger partial charge in [-0.1, -0.05) is 18.2 Å². The summed E-state index contributed by atoms with van der Waals surface area (Å²) in [5.74, 6) is -0.800. The van der Waals surface area contributed by atoms with Gasteiger partial charge in [-0.15, -0.1) is 11.3 Å². The van der Waals surface area contributed by atoms with E-state index in [9.17, 15) is 9.59 Å². The molecule has 18 heavy (non-hydrogen) atoms. The molecule has 0 atom stereocenters. The zero-order chi connectivity index (χ0) is 13.0. The normalized spacial score (nSPS) is 9.78. The fraction of sp³-hybridized carbons (Fsp3) is 0. The number of nitrogen functional groups attached to an aromatic ring is 1. The summed E-state index contributed by atoms with van der Waals surface area (Å²) >= 11 is 1.29. The maximum atomic E-state index is 11.7. The Hall–Kier alpha value is -2.34. The number of carbonyl (C=O) groups excluding carboxylic acids is 2. The topological polar surface area (TPSA) is 84.2 Å². The van der Waals surface area contributed by atoms with E-state index in [4.69, 9.17) is 5.73 Å². The van der Waals surface area contributed by atoms with Gasteiger partial charge in [0.1, 0.15) is 0 Å². The standard InChI is InChI=1S/C12H11N3O2S/c13-9-5-2-1-4-8(9)11(16)14-15-12(17)10-6-3-7-18-10/h1-7H,13H2,(H,14,16)(H,15,17). The van der Waals surface area contributed by atoms with Gasteiger partial charge in [-0.3, -0.25) is 20.4 Å². The van der Waals surface area contributed by atoms with Crippen LogP contribution in [-0.4, -0.2) is 11.8 Å². The third-order valence-electron chi connectivity index (χ3n) is 2.24. The number of anilines is 1. The van der Waals surface area contributed by atoms with Gasteiger partial charge in [0.25, 0.3) is 11.8 Å². The largest absolute Gasteiger partial charge is 0.398 e. The number of hydrogen-bond acceptors (Lipinski definition) is 4. The number of carbonyl (C=O) groups is 2. The van der Waals surface area contributed by atoms with Crippen LogP contribution in [0.25, 0.3) is 0 Å². The van der Waals surface area contributed by atoms with Crippen LogP contribution in [0.5, 0.6) is 0 Å². The van der Waals surface area contributed by atoms with Crippen molar-refractivity contribution in [2.45, 2.75) is 0 Å². The Morgan fingerprint density at radius 2 is 1.72 bits per heavy atom. The molecule has 2 aromatic rings. The average Bonchev–Trinajstić information content (AvgIpc) is 2.90. The van der Waals surface area contributed by atoms with Crippen LogP contribution >= 0.6 is 11.3 Å². The monoisotopic (exact) mass is 261 g/mol. The summed E-state index contributed by atoms with van der Waals surface area (Å²) in [6, 6.07) is 10.1. The van der Waals surface area contributed by atoms with Gasteiger partial charge in [-0.25, -0.2) is 0 Å². The predicted molar refractivity (Wildman–Crippen MR) is 70.1 cm³/mol. The number of amides is 2. The Balaban J connectivity index is 1.97. The van der Waals surface area contributed by atoms with Crippen molar-refractivity contribution in [2.24, 2.45) is 0 Å². The second kappa shape index (κ2) is 5.33. The second-order valence-electron chi connectivity index (χ2n) is 3.47. The van der Waals surface area contributed by atoms with Crippen molar-refractivity contribution < 1.29 is 9.59 Å². The summed E-state index contributed by atoms with van der Waals surface area (Å²) in [5, 5.41) is 1.78. The van der Waals surface area contributed by atoms with Crippen LogP contribution in [0.3, 0.4) is 0 Å². The van der Waals surface area contributed by atoms with Gasteiger partial charge < -0.3 is 5.73 Å². The highest BCUT2D eigenvalue weighted by atomic mass is 32.1. The van der Waals surface area contributed by atoms with Crippen molar-refractivity contribution in [1.29, 1.82) is 0 Å². The zero-order valence-corrected chi connectivity index (χ0v) is 10.2. The molecule has 1 heterocycles. The van der Waals surface area contributed by atoms with Crippen LogP contribution in [0.1, 0.15) is 20.0 Å². The molecule has 0 aliphatic carbocycles. The van der Waals surface area contributed by atoms with E-state index in [0.29, 0.717) is 16.1 Å². The van der Waals surface area contributed by atoms with Crippen molar-refractivity contribution in [3.63, 3.8) is 0 Å². The van der Waals surface area contributed by atoms with E-state index in [1.165, 1.54) is 11.3 Å². The lowest BCUT2D eigenvalue weighted by molar-refractivity contribution is 0.0849. The number of para-hydroxylation sites is 1. The molecule has 0 bridgehead atoms. The summed E-state index contributed by atoms with van der Waals surface area (Å²) in [6.07, 6.45) is 0. The lowest BCUT2D eigenvalue weighted by atomic mass is 10.2. The van der Waals surface area contributed by atoms with Gasteiger partial charge in [0.15, 0.2) is 0 Å². The second-order valence-corrected chi connectivity index (χ2v) is 4.42. The van der Waals surface area contributed by atoms with Crippen molar-refractivity contribution in [1.82, 2.24) is 10.9 Å². The minimum atomic E-state index is -0.446. The summed E-state index contributed by atoms with van der Waals surface area (Å²) in [7, 11) is 0. The molecule has 0 saturated carbocycles. The smallest absolute Gasteiger partial charge is 0.279 e. The zero-order valence-electron chi connectivity index (χ0n) is 9.34. The molecule has 1 aromatic heterocycles. The van der Waals surface area contributed by atoms with Gasteiger partial charge in [0.2, 0.25) is 0 Å². The highest BCUT2D eigenvalue weighted by molar-refractivity contribution is 7.12. The van der Waals surface area contributed by atoms with E-state index in [1.807, 2.05) is 0 Å². The highest BCUT2D eigenvalue weighted by Crippen LogP contribution is 2.10. The van der Waals surface area contributed by atoms with Crippen molar-refractivity contribution >= 4 is 28.8 Å². The predicted octanol–water partition coefficient (Wildman–Crippen LogP) is 1.41. The Labute approximate surface area is 108 Å². The fourth-order valence-corrected chi connectivity index (χ4v) is 1.97.